The van der Waals surface area contributed by atoms with Crippen molar-refractivity contribution in [3.63, 3.8) is 0 Å². The molecule has 0 aromatic heterocycles. The average molecular weight is 434 g/mol. The van der Waals surface area contributed by atoms with Gasteiger partial charge in [-0.3, -0.25) is 0 Å². The van der Waals surface area contributed by atoms with Gasteiger partial charge >= 0.3 is 0 Å². The zero-order chi connectivity index (χ0) is 15.7. The molecule has 128 valence electrons. The lowest BCUT2D eigenvalue weighted by atomic mass is 10.0. The van der Waals surface area contributed by atoms with Gasteiger partial charge in [0.2, 0.25) is 0 Å². The smallest absolute Gasteiger partial charge is 0.104 e. The molecule has 2 nitrogen and oxygen atoms in total. The van der Waals surface area contributed by atoms with Crippen LogP contribution in [0.1, 0.15) is 36.0 Å². The maximum atomic E-state index is 3.64. The van der Waals surface area contributed by atoms with Crippen molar-refractivity contribution >= 4 is 11.4 Å². The number of nitrogens with zero attached hydrogens (tertiary/aromatic N) is 1. The highest BCUT2D eigenvalue weighted by molar-refractivity contribution is 5.68. The number of quaternary nitrogens is 1. The summed E-state index contributed by atoms with van der Waals surface area (Å²) in [5, 5.41) is 3.64. The first kappa shape index (κ1) is 17.7. The standard InChI is InChI=1S/C21H27N2.HI/c1-23(13-5-2-6-14-23)16-17-9-12-21-19(15-17)11-10-18-7-3-4-8-20(18)22-21;/h3-4,7-9,12,15,22H,2,5-6,10-11,13-14,16H2,1H3;1H/q+1;/p-1. The molecule has 0 atom stereocenters. The van der Waals surface area contributed by atoms with Crippen molar-refractivity contribution in [2.45, 2.75) is 38.6 Å². The summed E-state index contributed by atoms with van der Waals surface area (Å²) >= 11 is 0. The molecule has 3 heteroatoms. The number of piperidine rings is 1. The largest absolute Gasteiger partial charge is 1.00 e. The summed E-state index contributed by atoms with van der Waals surface area (Å²) in [6.45, 7) is 3.85. The minimum atomic E-state index is 0. The lowest BCUT2D eigenvalue weighted by molar-refractivity contribution is -0.926. The first-order valence-corrected chi connectivity index (χ1v) is 9.02. The van der Waals surface area contributed by atoms with E-state index in [1.54, 1.807) is 0 Å². The summed E-state index contributed by atoms with van der Waals surface area (Å²) in [6, 6.07) is 15.8. The first-order valence-electron chi connectivity index (χ1n) is 9.02. The van der Waals surface area contributed by atoms with Gasteiger partial charge in [0.05, 0.1) is 20.1 Å². The second kappa shape index (κ2) is 7.44. The molecule has 24 heavy (non-hydrogen) atoms. The Balaban J connectivity index is 0.00000169. The molecule has 2 heterocycles. The lowest BCUT2D eigenvalue weighted by Gasteiger charge is -2.38. The molecule has 0 spiro atoms. The number of benzene rings is 2. The molecule has 2 aromatic rings. The van der Waals surface area contributed by atoms with Crippen LogP contribution in [0.25, 0.3) is 0 Å². The van der Waals surface area contributed by atoms with Crippen molar-refractivity contribution < 1.29 is 28.5 Å². The fourth-order valence-corrected chi connectivity index (χ4v) is 4.22. The Morgan fingerprint density at radius 1 is 0.875 bits per heavy atom. The highest BCUT2D eigenvalue weighted by atomic mass is 127. The molecule has 4 rings (SSSR count). The van der Waals surface area contributed by atoms with E-state index in [1.165, 1.54) is 71.4 Å². The summed E-state index contributed by atoms with van der Waals surface area (Å²) in [7, 11) is 2.43. The Morgan fingerprint density at radius 3 is 2.42 bits per heavy atom. The lowest BCUT2D eigenvalue weighted by Crippen LogP contribution is -3.00. The number of nitrogens with one attached hydrogen (secondary N) is 1. The van der Waals surface area contributed by atoms with Gasteiger partial charge in [0, 0.05) is 16.9 Å². The van der Waals surface area contributed by atoms with Gasteiger partial charge in [-0.1, -0.05) is 24.3 Å². The van der Waals surface area contributed by atoms with Crippen LogP contribution in [0.2, 0.25) is 0 Å². The number of likely N-dealkylation sites (tertiary alicyclic amines) is 1. The Bertz CT molecular complexity index is 705. The van der Waals surface area contributed by atoms with Gasteiger partial charge in [0.15, 0.2) is 0 Å². The van der Waals surface area contributed by atoms with Crippen LogP contribution in [0.3, 0.4) is 0 Å². The van der Waals surface area contributed by atoms with E-state index in [0.717, 1.165) is 12.8 Å². The highest BCUT2D eigenvalue weighted by Crippen LogP contribution is 2.31. The highest BCUT2D eigenvalue weighted by Gasteiger charge is 2.25. The molecule has 2 aliphatic rings. The molecule has 0 amide bonds. The number of aryl methyl sites for hydroxylation is 2. The van der Waals surface area contributed by atoms with Crippen LogP contribution in [-0.4, -0.2) is 24.6 Å². The number of hydrogen-bond donors (Lipinski definition) is 1. The van der Waals surface area contributed by atoms with E-state index in [2.05, 4.69) is 54.8 Å². The summed E-state index contributed by atoms with van der Waals surface area (Å²) in [5.74, 6) is 0. The third-order valence-corrected chi connectivity index (χ3v) is 5.58. The summed E-state index contributed by atoms with van der Waals surface area (Å²) in [6.07, 6.45) is 6.46. The van der Waals surface area contributed by atoms with Gasteiger partial charge in [0.25, 0.3) is 0 Å². The van der Waals surface area contributed by atoms with Gasteiger partial charge in [-0.25, -0.2) is 0 Å². The van der Waals surface area contributed by atoms with Crippen molar-refractivity contribution in [3.05, 3.63) is 59.2 Å². The van der Waals surface area contributed by atoms with Crippen molar-refractivity contribution in [1.82, 2.24) is 0 Å². The quantitative estimate of drug-likeness (QED) is 0.560. The summed E-state index contributed by atoms with van der Waals surface area (Å²) in [5.41, 5.74) is 6.97. The third-order valence-electron chi connectivity index (χ3n) is 5.58. The molecule has 0 aliphatic carbocycles. The van der Waals surface area contributed by atoms with Crippen molar-refractivity contribution in [1.29, 1.82) is 0 Å². The van der Waals surface area contributed by atoms with E-state index in [4.69, 9.17) is 0 Å². The molecular formula is C21H27IN2. The van der Waals surface area contributed by atoms with E-state index < -0.39 is 0 Å². The molecule has 1 N–H and O–H groups in total. The van der Waals surface area contributed by atoms with Crippen LogP contribution in [0.15, 0.2) is 42.5 Å². The molecule has 2 aromatic carbocycles. The van der Waals surface area contributed by atoms with Gasteiger partial charge in [-0.2, -0.15) is 0 Å². The normalized spacial score (nSPS) is 18.4. The second-order valence-corrected chi connectivity index (χ2v) is 7.56. The van der Waals surface area contributed by atoms with E-state index >= 15 is 0 Å². The van der Waals surface area contributed by atoms with E-state index in [1.807, 2.05) is 0 Å². The zero-order valence-corrected chi connectivity index (χ0v) is 16.7. The molecule has 0 unspecified atom stereocenters. The predicted molar refractivity (Wildman–Crippen MR) is 97.0 cm³/mol. The topological polar surface area (TPSA) is 12.0 Å². The third kappa shape index (κ3) is 3.77. The summed E-state index contributed by atoms with van der Waals surface area (Å²) < 4.78 is 1.21. The predicted octanol–water partition coefficient (Wildman–Crippen LogP) is 1.66. The minimum Gasteiger partial charge on any atom is -1.00 e. The first-order chi connectivity index (χ1) is 11.2. The minimum absolute atomic E-state index is 0. The monoisotopic (exact) mass is 434 g/mol. The number of halogens is 1. The second-order valence-electron chi connectivity index (χ2n) is 7.56. The van der Waals surface area contributed by atoms with Gasteiger partial charge in [0.1, 0.15) is 6.54 Å². The van der Waals surface area contributed by atoms with E-state index in [0.29, 0.717) is 0 Å². The van der Waals surface area contributed by atoms with Crippen LogP contribution in [0.5, 0.6) is 0 Å². The number of hydrogen-bond acceptors (Lipinski definition) is 1. The van der Waals surface area contributed by atoms with Gasteiger partial charge < -0.3 is 33.8 Å². The summed E-state index contributed by atoms with van der Waals surface area (Å²) in [4.78, 5) is 0. The maximum Gasteiger partial charge on any atom is 0.104 e. The Hall–Kier alpha value is -1.07. The Morgan fingerprint density at radius 2 is 1.58 bits per heavy atom. The van der Waals surface area contributed by atoms with Crippen LogP contribution in [-0.2, 0) is 19.4 Å². The van der Waals surface area contributed by atoms with Crippen LogP contribution in [0.4, 0.5) is 11.4 Å². The molecule has 2 aliphatic heterocycles. The zero-order valence-electron chi connectivity index (χ0n) is 14.5. The van der Waals surface area contributed by atoms with Crippen molar-refractivity contribution in [3.8, 4) is 0 Å². The molecule has 1 fully saturated rings. The number of fused-ring (bicyclic) bond motifs is 2. The van der Waals surface area contributed by atoms with Crippen molar-refractivity contribution in [2.24, 2.45) is 0 Å². The average Bonchev–Trinajstić information content (AvgIpc) is 2.74. The van der Waals surface area contributed by atoms with Gasteiger partial charge in [-0.05, 0) is 61.4 Å². The van der Waals surface area contributed by atoms with E-state index in [-0.39, 0.29) is 24.0 Å². The molecular weight excluding hydrogens is 407 g/mol. The van der Waals surface area contributed by atoms with E-state index in [9.17, 15) is 0 Å². The maximum absolute atomic E-state index is 3.64. The molecule has 0 bridgehead atoms. The SMILES string of the molecule is C[N+]1(Cc2ccc3c(c2)CCc2ccccc2N3)CCCCC1.[I-]. The van der Waals surface area contributed by atoms with Crippen LogP contribution < -0.4 is 29.3 Å². The molecule has 0 saturated carbocycles. The molecule has 0 radical (unpaired) electrons. The van der Waals surface area contributed by atoms with Gasteiger partial charge in [-0.15, -0.1) is 0 Å². The number of para-hydroxylation sites is 1. The molecule has 1 saturated heterocycles. The van der Waals surface area contributed by atoms with Crippen LogP contribution in [0, 0.1) is 0 Å². The Kier molecular flexibility index (Phi) is 5.50. The fraction of sp³-hybridized carbons (Fsp3) is 0.429. The van der Waals surface area contributed by atoms with Crippen LogP contribution >= 0.6 is 0 Å². The number of anilines is 2. The fourth-order valence-electron chi connectivity index (χ4n) is 4.22. The Labute approximate surface area is 162 Å². The number of rotatable bonds is 2. The van der Waals surface area contributed by atoms with Crippen molar-refractivity contribution in [2.75, 3.05) is 25.5 Å².